The van der Waals surface area contributed by atoms with Gasteiger partial charge in [0.15, 0.2) is 5.79 Å². The van der Waals surface area contributed by atoms with Crippen LogP contribution in [-0.4, -0.2) is 66.2 Å². The molecule has 0 amide bonds. The topological polar surface area (TPSA) is 105 Å². The first-order valence-corrected chi connectivity index (χ1v) is 5.73. The summed E-state index contributed by atoms with van der Waals surface area (Å²) >= 11 is 0. The summed E-state index contributed by atoms with van der Waals surface area (Å²) in [4.78, 5) is 11.2. The van der Waals surface area contributed by atoms with Crippen molar-refractivity contribution in [3.05, 3.63) is 0 Å². The molecular weight excluding hydrogens is 244 g/mol. The molecule has 0 radical (unpaired) electrons. The number of aliphatic hydroxyl groups excluding tert-OH is 2. The van der Waals surface area contributed by atoms with Crippen molar-refractivity contribution in [3.63, 3.8) is 0 Å². The maximum absolute atomic E-state index is 11.2. The molecule has 0 saturated carbocycles. The van der Waals surface area contributed by atoms with Crippen molar-refractivity contribution in [2.75, 3.05) is 20.8 Å². The normalized spacial score (nSPS) is 34.1. The third-order valence-corrected chi connectivity index (χ3v) is 3.01. The van der Waals surface area contributed by atoms with Gasteiger partial charge >= 0.3 is 5.97 Å². The van der Waals surface area contributed by atoms with Crippen molar-refractivity contribution in [3.8, 4) is 0 Å². The monoisotopic (exact) mass is 264 g/mol. The van der Waals surface area contributed by atoms with E-state index >= 15 is 0 Å². The molecule has 0 bridgehead atoms. The van der Waals surface area contributed by atoms with E-state index in [-0.39, 0.29) is 18.9 Å². The van der Waals surface area contributed by atoms with Gasteiger partial charge in [-0.25, -0.2) is 0 Å². The van der Waals surface area contributed by atoms with Gasteiger partial charge in [0.2, 0.25) is 0 Å². The van der Waals surface area contributed by atoms with E-state index in [0.717, 1.165) is 0 Å². The number of hydrogen-bond acceptors (Lipinski definition) is 7. The molecule has 1 heterocycles. The molecule has 0 spiro atoms. The second-order valence-electron chi connectivity index (χ2n) is 4.40. The van der Waals surface area contributed by atoms with Gasteiger partial charge in [-0.1, -0.05) is 0 Å². The average Bonchev–Trinajstić information content (AvgIpc) is 2.36. The molecule has 1 fully saturated rings. The number of esters is 1. The van der Waals surface area contributed by atoms with Gasteiger partial charge in [0, 0.05) is 20.0 Å². The molecule has 7 nitrogen and oxygen atoms in total. The Balaban J connectivity index is 2.74. The van der Waals surface area contributed by atoms with Crippen LogP contribution in [0.5, 0.6) is 0 Å². The van der Waals surface area contributed by atoms with Gasteiger partial charge in [-0.3, -0.25) is 4.79 Å². The van der Waals surface area contributed by atoms with E-state index in [0.29, 0.717) is 6.42 Å². The number of methoxy groups -OCH3 is 2. The highest BCUT2D eigenvalue weighted by atomic mass is 16.6. The Morgan fingerprint density at radius 1 is 1.56 bits per heavy atom. The highest BCUT2D eigenvalue weighted by molar-refractivity contribution is 5.70. The molecule has 1 aliphatic rings. The van der Waals surface area contributed by atoms with Crippen molar-refractivity contribution >= 4 is 5.97 Å². The Kier molecular flexibility index (Phi) is 5.48. The van der Waals surface area contributed by atoms with Gasteiger partial charge in [0.05, 0.1) is 32.3 Å². The molecule has 0 aliphatic carbocycles. The molecular formula is C11H20O7. The summed E-state index contributed by atoms with van der Waals surface area (Å²) in [6.45, 7) is -0.491. The van der Waals surface area contributed by atoms with Crippen molar-refractivity contribution in [1.82, 2.24) is 0 Å². The highest BCUT2D eigenvalue weighted by Crippen LogP contribution is 2.32. The molecule has 0 aromatic heterocycles. The van der Waals surface area contributed by atoms with E-state index in [2.05, 4.69) is 4.74 Å². The van der Waals surface area contributed by atoms with Crippen LogP contribution in [-0.2, 0) is 19.0 Å². The van der Waals surface area contributed by atoms with Crippen LogP contribution in [0.2, 0.25) is 0 Å². The van der Waals surface area contributed by atoms with Gasteiger partial charge in [0.1, 0.15) is 6.10 Å². The minimum atomic E-state index is -1.74. The lowest BCUT2D eigenvalue weighted by atomic mass is 9.93. The molecule has 4 atom stereocenters. The van der Waals surface area contributed by atoms with Gasteiger partial charge in [0.25, 0.3) is 0 Å². The molecule has 18 heavy (non-hydrogen) atoms. The molecule has 0 unspecified atom stereocenters. The van der Waals surface area contributed by atoms with Crippen LogP contribution < -0.4 is 0 Å². The van der Waals surface area contributed by atoms with Crippen LogP contribution in [0.4, 0.5) is 0 Å². The van der Waals surface area contributed by atoms with E-state index in [1.165, 1.54) is 14.2 Å². The molecule has 1 rings (SSSR count). The van der Waals surface area contributed by atoms with Crippen molar-refractivity contribution in [1.29, 1.82) is 0 Å². The zero-order valence-electron chi connectivity index (χ0n) is 10.5. The Labute approximate surface area is 105 Å². The first-order valence-electron chi connectivity index (χ1n) is 5.73. The summed E-state index contributed by atoms with van der Waals surface area (Å²) in [5, 5.41) is 28.7. The third-order valence-electron chi connectivity index (χ3n) is 3.01. The Hall–Kier alpha value is -0.730. The summed E-state index contributed by atoms with van der Waals surface area (Å²) < 4.78 is 14.9. The summed E-state index contributed by atoms with van der Waals surface area (Å²) in [6, 6.07) is 0. The van der Waals surface area contributed by atoms with Gasteiger partial charge in [-0.2, -0.15) is 0 Å². The van der Waals surface area contributed by atoms with E-state index in [1.807, 2.05) is 0 Å². The maximum Gasteiger partial charge on any atom is 0.310 e. The predicted molar refractivity (Wildman–Crippen MR) is 59.6 cm³/mol. The first kappa shape index (κ1) is 15.3. The largest absolute Gasteiger partial charge is 0.469 e. The lowest BCUT2D eigenvalue weighted by molar-refractivity contribution is -0.292. The quantitative estimate of drug-likeness (QED) is 0.535. The second-order valence-corrected chi connectivity index (χ2v) is 4.40. The van der Waals surface area contributed by atoms with Crippen LogP contribution in [0.25, 0.3) is 0 Å². The zero-order chi connectivity index (χ0) is 13.8. The van der Waals surface area contributed by atoms with E-state index in [4.69, 9.17) is 14.6 Å². The van der Waals surface area contributed by atoms with E-state index in [9.17, 15) is 15.0 Å². The maximum atomic E-state index is 11.2. The van der Waals surface area contributed by atoms with Gasteiger partial charge in [-0.05, 0) is 0 Å². The van der Waals surface area contributed by atoms with Crippen molar-refractivity contribution in [2.24, 2.45) is 0 Å². The summed E-state index contributed by atoms with van der Waals surface area (Å²) in [6.07, 6.45) is -2.19. The molecule has 7 heteroatoms. The van der Waals surface area contributed by atoms with Crippen LogP contribution in [0, 0.1) is 0 Å². The molecule has 1 saturated heterocycles. The number of carbonyl (C=O) groups is 1. The highest BCUT2D eigenvalue weighted by Gasteiger charge is 2.44. The van der Waals surface area contributed by atoms with Crippen molar-refractivity contribution < 1.29 is 34.3 Å². The second kappa shape index (κ2) is 6.44. The Morgan fingerprint density at radius 3 is 2.72 bits per heavy atom. The van der Waals surface area contributed by atoms with Crippen LogP contribution in [0.3, 0.4) is 0 Å². The average molecular weight is 264 g/mol. The number of hydrogen-bond donors (Lipinski definition) is 3. The minimum Gasteiger partial charge on any atom is -0.469 e. The zero-order valence-corrected chi connectivity index (χ0v) is 10.5. The number of ether oxygens (including phenoxy) is 3. The molecule has 106 valence electrons. The number of carbonyl (C=O) groups excluding carboxylic acids is 1. The van der Waals surface area contributed by atoms with Crippen molar-refractivity contribution in [2.45, 2.75) is 43.4 Å². The third kappa shape index (κ3) is 3.89. The SMILES string of the molecule is COC(=O)C[C@]1(O)C[C@H](OC)C[C@H]([C@H](O)CO)O1. The van der Waals surface area contributed by atoms with Crippen LogP contribution >= 0.6 is 0 Å². The predicted octanol–water partition coefficient (Wildman–Crippen LogP) is -1.21. The number of rotatable bonds is 5. The van der Waals surface area contributed by atoms with Crippen LogP contribution in [0.15, 0.2) is 0 Å². The minimum absolute atomic E-state index is 0.104. The molecule has 0 aromatic carbocycles. The lowest BCUT2D eigenvalue weighted by Crippen LogP contribution is -2.52. The first-order chi connectivity index (χ1) is 8.44. The smallest absolute Gasteiger partial charge is 0.310 e. The standard InChI is InChI=1S/C11H20O7/c1-16-7-3-9(8(13)6-12)18-11(15,4-7)5-10(14)17-2/h7-9,12-13,15H,3-6H2,1-2H3/t7-,8-,9-,11+/m1/s1. The fraction of sp³-hybridized carbons (Fsp3) is 0.909. The van der Waals surface area contributed by atoms with E-state index in [1.54, 1.807) is 0 Å². The lowest BCUT2D eigenvalue weighted by Gasteiger charge is -2.41. The number of aliphatic hydroxyl groups is 3. The van der Waals surface area contributed by atoms with Crippen LogP contribution in [0.1, 0.15) is 19.3 Å². The Bertz CT molecular complexity index is 283. The Morgan fingerprint density at radius 2 is 2.22 bits per heavy atom. The molecule has 1 aliphatic heterocycles. The summed E-state index contributed by atoms with van der Waals surface area (Å²) in [5.41, 5.74) is 0. The fourth-order valence-electron chi connectivity index (χ4n) is 2.02. The van der Waals surface area contributed by atoms with Gasteiger partial charge < -0.3 is 29.5 Å². The molecule has 0 aromatic rings. The fourth-order valence-corrected chi connectivity index (χ4v) is 2.02. The summed E-state index contributed by atoms with van der Waals surface area (Å²) in [7, 11) is 2.68. The molecule has 3 N–H and O–H groups in total. The summed E-state index contributed by atoms with van der Waals surface area (Å²) in [5.74, 6) is -2.36. The van der Waals surface area contributed by atoms with E-state index < -0.39 is 30.6 Å². The van der Waals surface area contributed by atoms with Gasteiger partial charge in [-0.15, -0.1) is 0 Å².